The van der Waals surface area contributed by atoms with Gasteiger partial charge in [-0.1, -0.05) is 17.2 Å². The van der Waals surface area contributed by atoms with Crippen LogP contribution in [0.5, 0.6) is 0 Å². The van der Waals surface area contributed by atoms with Crippen LogP contribution in [-0.4, -0.2) is 11.7 Å². The number of hydrogen-bond acceptors (Lipinski definition) is 6. The lowest BCUT2D eigenvalue weighted by molar-refractivity contribution is -0.150. The van der Waals surface area contributed by atoms with E-state index in [1.165, 1.54) is 11.8 Å². The molecule has 0 aromatic heterocycles. The molecule has 0 unspecified atom stereocenters. The zero-order valence-electron chi connectivity index (χ0n) is 8.40. The predicted octanol–water partition coefficient (Wildman–Crippen LogP) is 1.33. The molecule has 0 bridgehead atoms. The molecule has 0 atom stereocenters. The molecule has 0 aliphatic rings. The van der Waals surface area contributed by atoms with Crippen LogP contribution in [0.25, 0.3) is 0 Å². The average molecular weight is 262 g/mol. The Balaban J connectivity index is 2.40. The average Bonchev–Trinajstić information content (AvgIpc) is 2.22. The van der Waals surface area contributed by atoms with Crippen molar-refractivity contribution in [2.75, 3.05) is 11.5 Å². The molecular formula is C9H12ClN3O2S. The number of anilines is 1. The molecule has 7 heteroatoms. The van der Waals surface area contributed by atoms with Crippen LogP contribution >= 0.6 is 23.4 Å². The first-order chi connectivity index (χ1) is 7.63. The SMILES string of the molecule is NNOC(=O)CCSc1ccc(N)cc1Cl. The molecule has 5 N–H and O–H groups in total. The van der Waals surface area contributed by atoms with Crippen molar-refractivity contribution in [2.24, 2.45) is 5.84 Å². The molecule has 0 fully saturated rings. The molecule has 16 heavy (non-hydrogen) atoms. The van der Waals surface area contributed by atoms with Crippen molar-refractivity contribution in [3.8, 4) is 0 Å². The first-order valence-corrected chi connectivity index (χ1v) is 5.83. The number of halogens is 1. The minimum atomic E-state index is -0.415. The molecule has 0 saturated heterocycles. The van der Waals surface area contributed by atoms with Crippen LogP contribution in [0, 0.1) is 0 Å². The summed E-state index contributed by atoms with van der Waals surface area (Å²) in [5, 5.41) is 0.579. The molecule has 0 heterocycles. The summed E-state index contributed by atoms with van der Waals surface area (Å²) in [6, 6.07) is 5.24. The maximum Gasteiger partial charge on any atom is 0.327 e. The summed E-state index contributed by atoms with van der Waals surface area (Å²) in [4.78, 5) is 16.2. The normalized spacial score (nSPS) is 10.1. The van der Waals surface area contributed by atoms with Gasteiger partial charge in [0.1, 0.15) is 0 Å². The van der Waals surface area contributed by atoms with Crippen molar-refractivity contribution in [1.29, 1.82) is 0 Å². The fourth-order valence-electron chi connectivity index (χ4n) is 0.995. The molecule has 0 aliphatic heterocycles. The van der Waals surface area contributed by atoms with E-state index in [4.69, 9.17) is 23.2 Å². The zero-order chi connectivity index (χ0) is 12.0. The smallest absolute Gasteiger partial charge is 0.327 e. The Morgan fingerprint density at radius 3 is 2.94 bits per heavy atom. The second kappa shape index (κ2) is 6.59. The number of thioether (sulfide) groups is 1. The number of rotatable bonds is 5. The van der Waals surface area contributed by atoms with Gasteiger partial charge in [0, 0.05) is 16.3 Å². The molecule has 1 rings (SSSR count). The highest BCUT2D eigenvalue weighted by molar-refractivity contribution is 7.99. The van der Waals surface area contributed by atoms with E-state index in [0.717, 1.165) is 4.90 Å². The first-order valence-electron chi connectivity index (χ1n) is 4.46. The molecule has 88 valence electrons. The van der Waals surface area contributed by atoms with Gasteiger partial charge in [0.15, 0.2) is 0 Å². The van der Waals surface area contributed by atoms with Gasteiger partial charge in [-0.15, -0.1) is 11.8 Å². The fourth-order valence-corrected chi connectivity index (χ4v) is 2.20. The lowest BCUT2D eigenvalue weighted by Gasteiger charge is -2.04. The number of carbonyl (C=O) groups is 1. The number of nitrogens with one attached hydrogen (secondary N) is 1. The molecule has 5 nitrogen and oxygen atoms in total. The van der Waals surface area contributed by atoms with Crippen LogP contribution in [0.1, 0.15) is 6.42 Å². The highest BCUT2D eigenvalue weighted by Crippen LogP contribution is 2.29. The quantitative estimate of drug-likeness (QED) is 0.321. The maximum atomic E-state index is 10.9. The van der Waals surface area contributed by atoms with E-state index in [1.54, 1.807) is 12.1 Å². The van der Waals surface area contributed by atoms with E-state index in [2.05, 4.69) is 4.84 Å². The number of nitrogens with two attached hydrogens (primary N) is 2. The Bertz CT molecular complexity index is 376. The van der Waals surface area contributed by atoms with Crippen molar-refractivity contribution in [2.45, 2.75) is 11.3 Å². The summed E-state index contributed by atoms with van der Waals surface area (Å²) < 4.78 is 0. The summed E-state index contributed by atoms with van der Waals surface area (Å²) in [7, 11) is 0. The number of benzene rings is 1. The summed E-state index contributed by atoms with van der Waals surface area (Å²) in [5.41, 5.74) is 8.00. The number of hydrazine groups is 1. The number of carbonyl (C=O) groups excluding carboxylic acids is 1. The minimum absolute atomic E-state index is 0.246. The first kappa shape index (κ1) is 13.1. The van der Waals surface area contributed by atoms with E-state index in [-0.39, 0.29) is 6.42 Å². The van der Waals surface area contributed by atoms with Crippen molar-refractivity contribution >= 4 is 35.0 Å². The third kappa shape index (κ3) is 4.28. The predicted molar refractivity (Wildman–Crippen MR) is 64.6 cm³/mol. The Morgan fingerprint density at radius 1 is 1.56 bits per heavy atom. The molecule has 0 amide bonds. The van der Waals surface area contributed by atoms with Crippen LogP contribution in [0.15, 0.2) is 23.1 Å². The van der Waals surface area contributed by atoms with Crippen LogP contribution in [0.3, 0.4) is 0 Å². The van der Waals surface area contributed by atoms with Gasteiger partial charge in [-0.3, -0.25) is 4.79 Å². The van der Waals surface area contributed by atoms with Gasteiger partial charge < -0.3 is 10.6 Å². The Labute approximate surface area is 102 Å². The second-order valence-electron chi connectivity index (χ2n) is 2.88. The third-order valence-electron chi connectivity index (χ3n) is 1.69. The fraction of sp³-hybridized carbons (Fsp3) is 0.222. The molecule has 1 aromatic rings. The number of nitrogen functional groups attached to an aromatic ring is 1. The zero-order valence-corrected chi connectivity index (χ0v) is 9.98. The molecule has 0 radical (unpaired) electrons. The Hall–Kier alpha value is -0.950. The second-order valence-corrected chi connectivity index (χ2v) is 4.42. The standard InChI is InChI=1S/C9H12ClN3O2S/c10-7-5-6(11)1-2-8(7)16-4-3-9(14)15-13-12/h1-2,5,13H,3-4,11-12H2. The summed E-state index contributed by atoms with van der Waals surface area (Å²) in [6.07, 6.45) is 0.246. The highest BCUT2D eigenvalue weighted by atomic mass is 35.5. The molecule has 0 saturated carbocycles. The van der Waals surface area contributed by atoms with E-state index >= 15 is 0 Å². The van der Waals surface area contributed by atoms with Crippen molar-refractivity contribution < 1.29 is 9.63 Å². The van der Waals surface area contributed by atoms with Gasteiger partial charge in [-0.05, 0) is 18.2 Å². The largest absolute Gasteiger partial charge is 0.399 e. The topological polar surface area (TPSA) is 90.4 Å². The highest BCUT2D eigenvalue weighted by Gasteiger charge is 2.05. The molecule has 0 aliphatic carbocycles. The van der Waals surface area contributed by atoms with Gasteiger partial charge in [0.2, 0.25) is 0 Å². The molecule has 1 aromatic carbocycles. The molecule has 0 spiro atoms. The van der Waals surface area contributed by atoms with Crippen molar-refractivity contribution in [3.63, 3.8) is 0 Å². The third-order valence-corrected chi connectivity index (χ3v) is 3.19. The summed E-state index contributed by atoms with van der Waals surface area (Å²) in [6.45, 7) is 0. The van der Waals surface area contributed by atoms with Crippen molar-refractivity contribution in [1.82, 2.24) is 5.59 Å². The van der Waals surface area contributed by atoms with E-state index < -0.39 is 5.97 Å². The van der Waals surface area contributed by atoms with Crippen molar-refractivity contribution in [3.05, 3.63) is 23.2 Å². The Morgan fingerprint density at radius 2 is 2.31 bits per heavy atom. The van der Waals surface area contributed by atoms with Gasteiger partial charge in [-0.2, -0.15) is 0 Å². The van der Waals surface area contributed by atoms with Gasteiger partial charge in [0.05, 0.1) is 11.4 Å². The van der Waals surface area contributed by atoms with Gasteiger partial charge >= 0.3 is 5.97 Å². The lowest BCUT2D eigenvalue weighted by Crippen LogP contribution is -2.26. The minimum Gasteiger partial charge on any atom is -0.399 e. The lowest BCUT2D eigenvalue weighted by atomic mass is 10.3. The Kier molecular flexibility index (Phi) is 5.41. The van der Waals surface area contributed by atoms with E-state index in [1.807, 2.05) is 11.7 Å². The van der Waals surface area contributed by atoms with Gasteiger partial charge in [0.25, 0.3) is 0 Å². The summed E-state index contributed by atoms with van der Waals surface area (Å²) >= 11 is 7.41. The maximum absolute atomic E-state index is 10.9. The molecular weight excluding hydrogens is 250 g/mol. The number of hydrogen-bond donors (Lipinski definition) is 3. The monoisotopic (exact) mass is 261 g/mol. The van der Waals surface area contributed by atoms with Crippen LogP contribution in [0.2, 0.25) is 5.02 Å². The summed E-state index contributed by atoms with van der Waals surface area (Å²) in [5.74, 6) is 4.96. The van der Waals surface area contributed by atoms with Crippen LogP contribution in [-0.2, 0) is 9.63 Å². The van der Waals surface area contributed by atoms with E-state index in [9.17, 15) is 4.79 Å². The van der Waals surface area contributed by atoms with Crippen LogP contribution in [0.4, 0.5) is 5.69 Å². The van der Waals surface area contributed by atoms with Gasteiger partial charge in [-0.25, -0.2) is 5.84 Å². The van der Waals surface area contributed by atoms with Crippen LogP contribution < -0.4 is 17.2 Å². The van der Waals surface area contributed by atoms with E-state index in [0.29, 0.717) is 16.5 Å².